The minimum Gasteiger partial charge on any atom is -0.486 e. The number of hydrogen-bond acceptors (Lipinski definition) is 3. The van der Waals surface area contributed by atoms with Crippen LogP contribution in [-0.2, 0) is 13.0 Å². The van der Waals surface area contributed by atoms with Crippen LogP contribution in [0.3, 0.4) is 0 Å². The molecule has 1 heterocycles. The van der Waals surface area contributed by atoms with Crippen molar-refractivity contribution in [1.82, 2.24) is 0 Å². The van der Waals surface area contributed by atoms with Gasteiger partial charge in [0, 0.05) is 16.6 Å². The van der Waals surface area contributed by atoms with Crippen molar-refractivity contribution in [2.75, 3.05) is 13.2 Å². The van der Waals surface area contributed by atoms with Gasteiger partial charge in [-0.25, -0.2) is 0 Å². The van der Waals surface area contributed by atoms with Crippen molar-refractivity contribution in [3.63, 3.8) is 0 Å². The molecule has 1 aliphatic heterocycles. The molecule has 0 spiro atoms. The second-order valence-electron chi connectivity index (χ2n) is 3.40. The Morgan fingerprint density at radius 1 is 1.33 bits per heavy atom. The quantitative estimate of drug-likeness (QED) is 0.898. The van der Waals surface area contributed by atoms with Gasteiger partial charge in [-0.1, -0.05) is 22.9 Å². The second kappa shape index (κ2) is 4.41. The van der Waals surface area contributed by atoms with Gasteiger partial charge in [0.2, 0.25) is 0 Å². The number of fused-ring (bicyclic) bond motifs is 1. The fraction of sp³-hybridized carbons (Fsp3) is 0.455. The molecule has 0 aliphatic carbocycles. The Labute approximate surface area is 97.7 Å². The molecular weight excluding hydrogens is 258 g/mol. The standard InChI is InChI=1S/C11H14BrNO2/c1-2-7-8(6-13)9(12)5-10-11(7)15-4-3-14-10/h5H,2-4,6,13H2,1H3. The van der Waals surface area contributed by atoms with E-state index in [2.05, 4.69) is 22.9 Å². The van der Waals surface area contributed by atoms with E-state index in [-0.39, 0.29) is 0 Å². The molecule has 4 heteroatoms. The second-order valence-corrected chi connectivity index (χ2v) is 4.25. The molecule has 0 atom stereocenters. The van der Waals surface area contributed by atoms with Crippen LogP contribution in [0.2, 0.25) is 0 Å². The molecule has 2 rings (SSSR count). The molecule has 0 saturated carbocycles. The first-order valence-electron chi connectivity index (χ1n) is 5.07. The minimum atomic E-state index is 0.514. The molecule has 0 bridgehead atoms. The zero-order chi connectivity index (χ0) is 10.8. The highest BCUT2D eigenvalue weighted by Gasteiger charge is 2.20. The van der Waals surface area contributed by atoms with Crippen LogP contribution >= 0.6 is 15.9 Å². The summed E-state index contributed by atoms with van der Waals surface area (Å²) in [5.74, 6) is 1.69. The van der Waals surface area contributed by atoms with Crippen LogP contribution in [0.15, 0.2) is 10.5 Å². The van der Waals surface area contributed by atoms with Crippen LogP contribution in [-0.4, -0.2) is 13.2 Å². The Balaban J connectivity index is 2.59. The highest BCUT2D eigenvalue weighted by Crippen LogP contribution is 2.40. The maximum absolute atomic E-state index is 5.73. The number of nitrogens with two attached hydrogens (primary N) is 1. The average Bonchev–Trinajstić information content (AvgIpc) is 2.27. The van der Waals surface area contributed by atoms with E-state index in [4.69, 9.17) is 15.2 Å². The molecule has 0 fully saturated rings. The molecule has 82 valence electrons. The predicted octanol–water partition coefficient (Wildman–Crippen LogP) is 2.24. The molecule has 0 unspecified atom stereocenters. The van der Waals surface area contributed by atoms with Gasteiger partial charge in [-0.05, 0) is 18.1 Å². The van der Waals surface area contributed by atoms with Gasteiger partial charge in [-0.2, -0.15) is 0 Å². The van der Waals surface area contributed by atoms with Crippen LogP contribution < -0.4 is 15.2 Å². The van der Waals surface area contributed by atoms with E-state index >= 15 is 0 Å². The van der Waals surface area contributed by atoms with Crippen molar-refractivity contribution >= 4 is 15.9 Å². The van der Waals surface area contributed by atoms with Gasteiger partial charge in [-0.15, -0.1) is 0 Å². The highest BCUT2D eigenvalue weighted by atomic mass is 79.9. The predicted molar refractivity (Wildman–Crippen MR) is 62.4 cm³/mol. The topological polar surface area (TPSA) is 44.5 Å². The Bertz CT molecular complexity index is 379. The molecule has 3 nitrogen and oxygen atoms in total. The molecule has 0 amide bonds. The first kappa shape index (κ1) is 10.8. The Morgan fingerprint density at radius 2 is 2.07 bits per heavy atom. The summed E-state index contributed by atoms with van der Waals surface area (Å²) < 4.78 is 12.2. The van der Waals surface area contributed by atoms with Gasteiger partial charge in [0.05, 0.1) is 0 Å². The van der Waals surface area contributed by atoms with Crippen molar-refractivity contribution in [3.05, 3.63) is 21.7 Å². The summed E-state index contributed by atoms with van der Waals surface area (Å²) in [6.45, 7) is 3.84. The van der Waals surface area contributed by atoms with Gasteiger partial charge in [0.15, 0.2) is 11.5 Å². The third kappa shape index (κ3) is 1.84. The minimum absolute atomic E-state index is 0.514. The monoisotopic (exact) mass is 271 g/mol. The van der Waals surface area contributed by atoms with Crippen LogP contribution in [0.5, 0.6) is 11.5 Å². The lowest BCUT2D eigenvalue weighted by Crippen LogP contribution is -2.18. The molecule has 1 aromatic carbocycles. The van der Waals surface area contributed by atoms with Crippen LogP contribution in [0.25, 0.3) is 0 Å². The maximum Gasteiger partial charge on any atom is 0.164 e. The van der Waals surface area contributed by atoms with Gasteiger partial charge in [0.25, 0.3) is 0 Å². The van der Waals surface area contributed by atoms with E-state index in [9.17, 15) is 0 Å². The van der Waals surface area contributed by atoms with E-state index in [1.807, 2.05) is 6.07 Å². The largest absolute Gasteiger partial charge is 0.486 e. The Hall–Kier alpha value is -0.740. The first-order chi connectivity index (χ1) is 7.27. The van der Waals surface area contributed by atoms with Crippen molar-refractivity contribution in [1.29, 1.82) is 0 Å². The lowest BCUT2D eigenvalue weighted by atomic mass is 10.0. The summed E-state index contributed by atoms with van der Waals surface area (Å²) in [5, 5.41) is 0. The lowest BCUT2D eigenvalue weighted by Gasteiger charge is -2.23. The van der Waals surface area contributed by atoms with E-state index < -0.39 is 0 Å². The van der Waals surface area contributed by atoms with E-state index in [1.165, 1.54) is 0 Å². The van der Waals surface area contributed by atoms with E-state index in [0.29, 0.717) is 19.8 Å². The normalized spacial score (nSPS) is 14.1. The highest BCUT2D eigenvalue weighted by molar-refractivity contribution is 9.10. The summed E-state index contributed by atoms with van der Waals surface area (Å²) in [7, 11) is 0. The Morgan fingerprint density at radius 3 is 2.73 bits per heavy atom. The molecule has 0 saturated heterocycles. The molecule has 1 aliphatic rings. The van der Waals surface area contributed by atoms with Gasteiger partial charge >= 0.3 is 0 Å². The molecule has 0 aromatic heterocycles. The van der Waals surface area contributed by atoms with Crippen molar-refractivity contribution in [2.45, 2.75) is 19.9 Å². The van der Waals surface area contributed by atoms with Crippen molar-refractivity contribution in [2.24, 2.45) is 5.73 Å². The number of ether oxygens (including phenoxy) is 2. The van der Waals surface area contributed by atoms with Gasteiger partial charge < -0.3 is 15.2 Å². The summed E-state index contributed by atoms with van der Waals surface area (Å²) >= 11 is 3.51. The van der Waals surface area contributed by atoms with Crippen molar-refractivity contribution in [3.8, 4) is 11.5 Å². The summed E-state index contributed by atoms with van der Waals surface area (Å²) in [5.41, 5.74) is 8.00. The third-order valence-corrected chi connectivity index (χ3v) is 3.26. The fourth-order valence-electron chi connectivity index (χ4n) is 1.85. The molecule has 15 heavy (non-hydrogen) atoms. The first-order valence-corrected chi connectivity index (χ1v) is 5.87. The molecule has 0 radical (unpaired) electrons. The fourth-order valence-corrected chi connectivity index (χ4v) is 2.46. The Kier molecular flexibility index (Phi) is 3.17. The maximum atomic E-state index is 5.73. The van der Waals surface area contributed by atoms with Crippen LogP contribution in [0, 0.1) is 0 Å². The SMILES string of the molecule is CCc1c(CN)c(Br)cc2c1OCCO2. The van der Waals surface area contributed by atoms with E-state index in [1.54, 1.807) is 0 Å². The third-order valence-electron chi connectivity index (χ3n) is 2.55. The van der Waals surface area contributed by atoms with Gasteiger partial charge in [-0.3, -0.25) is 0 Å². The number of halogens is 1. The van der Waals surface area contributed by atoms with Crippen molar-refractivity contribution < 1.29 is 9.47 Å². The zero-order valence-electron chi connectivity index (χ0n) is 8.68. The molecule has 2 N–H and O–H groups in total. The summed E-state index contributed by atoms with van der Waals surface area (Å²) in [6, 6.07) is 1.94. The zero-order valence-corrected chi connectivity index (χ0v) is 10.3. The van der Waals surface area contributed by atoms with E-state index in [0.717, 1.165) is 33.5 Å². The van der Waals surface area contributed by atoms with Crippen LogP contribution in [0.4, 0.5) is 0 Å². The van der Waals surface area contributed by atoms with Gasteiger partial charge in [0.1, 0.15) is 13.2 Å². The number of rotatable bonds is 2. The molecular formula is C11H14BrNO2. The lowest BCUT2D eigenvalue weighted by molar-refractivity contribution is 0.169. The summed E-state index contributed by atoms with van der Waals surface area (Å²) in [4.78, 5) is 0. The average molecular weight is 272 g/mol. The summed E-state index contributed by atoms with van der Waals surface area (Å²) in [6.07, 6.45) is 0.900. The van der Waals surface area contributed by atoms with Crippen LogP contribution in [0.1, 0.15) is 18.1 Å². The number of hydrogen-bond donors (Lipinski definition) is 1. The smallest absolute Gasteiger partial charge is 0.164 e. The molecule has 1 aromatic rings. The number of benzene rings is 1.